The largest absolute Gasteiger partial charge is 0.298 e. The van der Waals surface area contributed by atoms with Gasteiger partial charge < -0.3 is 0 Å². The average Bonchev–Trinajstić information content (AvgIpc) is 2.94. The summed E-state index contributed by atoms with van der Waals surface area (Å²) in [5.74, 6) is 0.461. The van der Waals surface area contributed by atoms with E-state index in [0.29, 0.717) is 23.9 Å². The van der Waals surface area contributed by atoms with E-state index in [0.717, 1.165) is 32.4 Å². The lowest BCUT2D eigenvalue weighted by Crippen LogP contribution is -2.63. The molecule has 22 heavy (non-hydrogen) atoms. The van der Waals surface area contributed by atoms with E-state index in [1.807, 2.05) is 0 Å². The molecule has 1 saturated carbocycles. The molecule has 4 atom stereocenters. The molecular formula is C19H28N2O. The first-order valence-corrected chi connectivity index (χ1v) is 8.66. The second-order valence-electron chi connectivity index (χ2n) is 7.06. The van der Waals surface area contributed by atoms with Crippen molar-refractivity contribution >= 4 is 5.78 Å². The second-order valence-corrected chi connectivity index (χ2v) is 7.06. The van der Waals surface area contributed by atoms with Gasteiger partial charge in [-0.15, -0.1) is 0 Å². The molecule has 0 N–H and O–H groups in total. The van der Waals surface area contributed by atoms with Crippen LogP contribution in [0.25, 0.3) is 0 Å². The molecular weight excluding hydrogens is 272 g/mol. The van der Waals surface area contributed by atoms with Crippen LogP contribution < -0.4 is 0 Å². The van der Waals surface area contributed by atoms with Crippen LogP contribution in [0.3, 0.4) is 0 Å². The third-order valence-corrected chi connectivity index (χ3v) is 5.67. The van der Waals surface area contributed by atoms with Crippen molar-refractivity contribution in [2.75, 3.05) is 6.54 Å². The van der Waals surface area contributed by atoms with E-state index in [-0.39, 0.29) is 6.04 Å². The standard InChI is InChI=1S/C19H28N2O/c1-14-12-21(18-10-7-11-19(18)22)16(3)15(2)20(14)13-17-8-5-4-6-9-17/h4-6,8-9,14-16,18H,7,10-13H2,1-3H3. The fourth-order valence-corrected chi connectivity index (χ4v) is 4.19. The predicted octanol–water partition coefficient (Wildman–Crippen LogP) is 3.09. The van der Waals surface area contributed by atoms with Crippen LogP contribution in [0.4, 0.5) is 0 Å². The van der Waals surface area contributed by atoms with Gasteiger partial charge in [-0.25, -0.2) is 0 Å². The van der Waals surface area contributed by atoms with Gasteiger partial charge in [0.2, 0.25) is 0 Å². The van der Waals surface area contributed by atoms with Gasteiger partial charge in [0.15, 0.2) is 0 Å². The summed E-state index contributed by atoms with van der Waals surface area (Å²) in [6, 6.07) is 12.3. The van der Waals surface area contributed by atoms with Crippen LogP contribution in [0.5, 0.6) is 0 Å². The smallest absolute Gasteiger partial charge is 0.149 e. The van der Waals surface area contributed by atoms with E-state index in [2.05, 4.69) is 60.9 Å². The lowest BCUT2D eigenvalue weighted by atomic mass is 9.96. The number of rotatable bonds is 3. The molecule has 0 aromatic heterocycles. The molecule has 0 amide bonds. The highest BCUT2D eigenvalue weighted by Gasteiger charge is 2.41. The van der Waals surface area contributed by atoms with E-state index in [1.165, 1.54) is 5.56 Å². The van der Waals surface area contributed by atoms with Gasteiger partial charge >= 0.3 is 0 Å². The van der Waals surface area contributed by atoms with Gasteiger partial charge in [0.05, 0.1) is 6.04 Å². The molecule has 4 unspecified atom stereocenters. The highest BCUT2D eigenvalue weighted by molar-refractivity contribution is 5.86. The Labute approximate surface area is 134 Å². The summed E-state index contributed by atoms with van der Waals surface area (Å²) >= 11 is 0. The number of ketones is 1. The summed E-state index contributed by atoms with van der Waals surface area (Å²) in [5.41, 5.74) is 1.37. The molecule has 3 heteroatoms. The Morgan fingerprint density at radius 1 is 1.09 bits per heavy atom. The molecule has 2 aliphatic rings. The Hall–Kier alpha value is -1.19. The molecule has 1 aromatic carbocycles. The molecule has 1 aliphatic carbocycles. The van der Waals surface area contributed by atoms with Crippen molar-refractivity contribution in [1.82, 2.24) is 9.80 Å². The van der Waals surface area contributed by atoms with E-state index in [9.17, 15) is 4.79 Å². The summed E-state index contributed by atoms with van der Waals surface area (Å²) in [7, 11) is 0. The lowest BCUT2D eigenvalue weighted by Gasteiger charge is -2.50. The van der Waals surface area contributed by atoms with Crippen LogP contribution >= 0.6 is 0 Å². The van der Waals surface area contributed by atoms with Gasteiger partial charge in [0, 0.05) is 37.6 Å². The highest BCUT2D eigenvalue weighted by Crippen LogP contribution is 2.30. The Morgan fingerprint density at radius 3 is 2.45 bits per heavy atom. The summed E-state index contributed by atoms with van der Waals surface area (Å²) in [5, 5.41) is 0. The van der Waals surface area contributed by atoms with Crippen LogP contribution in [0.2, 0.25) is 0 Å². The number of nitrogens with zero attached hydrogens (tertiary/aromatic N) is 2. The first kappa shape index (κ1) is 15.7. The van der Waals surface area contributed by atoms with Crippen LogP contribution in [-0.4, -0.2) is 46.3 Å². The lowest BCUT2D eigenvalue weighted by molar-refractivity contribution is -0.125. The van der Waals surface area contributed by atoms with Gasteiger partial charge in [0.1, 0.15) is 5.78 Å². The van der Waals surface area contributed by atoms with Crippen LogP contribution in [0.1, 0.15) is 45.6 Å². The first-order chi connectivity index (χ1) is 10.6. The van der Waals surface area contributed by atoms with Gasteiger partial charge in [0.25, 0.3) is 0 Å². The van der Waals surface area contributed by atoms with Gasteiger partial charge in [-0.2, -0.15) is 0 Å². The molecule has 3 nitrogen and oxygen atoms in total. The van der Waals surface area contributed by atoms with Crippen molar-refractivity contribution in [3.8, 4) is 0 Å². The third-order valence-electron chi connectivity index (χ3n) is 5.67. The topological polar surface area (TPSA) is 23.6 Å². The number of hydrogen-bond donors (Lipinski definition) is 0. The van der Waals surface area contributed by atoms with E-state index >= 15 is 0 Å². The van der Waals surface area contributed by atoms with Gasteiger partial charge in [-0.05, 0) is 39.2 Å². The first-order valence-electron chi connectivity index (χ1n) is 8.66. The fraction of sp³-hybridized carbons (Fsp3) is 0.632. The Kier molecular flexibility index (Phi) is 4.65. The zero-order chi connectivity index (χ0) is 15.7. The van der Waals surface area contributed by atoms with Crippen molar-refractivity contribution in [2.24, 2.45) is 0 Å². The third kappa shape index (κ3) is 2.97. The van der Waals surface area contributed by atoms with Gasteiger partial charge in [-0.3, -0.25) is 14.6 Å². The second kappa shape index (κ2) is 6.51. The van der Waals surface area contributed by atoms with E-state index < -0.39 is 0 Å². The Morgan fingerprint density at radius 2 is 1.82 bits per heavy atom. The maximum absolute atomic E-state index is 12.1. The molecule has 0 bridgehead atoms. The van der Waals surface area contributed by atoms with E-state index in [1.54, 1.807) is 0 Å². The normalized spacial score (nSPS) is 34.2. The molecule has 3 rings (SSSR count). The Bertz CT molecular complexity index is 515. The maximum Gasteiger partial charge on any atom is 0.149 e. The molecule has 0 radical (unpaired) electrons. The minimum Gasteiger partial charge on any atom is -0.298 e. The number of Topliss-reactive ketones (excluding diaryl/α,β-unsaturated/α-hetero) is 1. The van der Waals surface area contributed by atoms with Crippen molar-refractivity contribution in [3.63, 3.8) is 0 Å². The quantitative estimate of drug-likeness (QED) is 0.857. The maximum atomic E-state index is 12.1. The SMILES string of the molecule is CC1CN(C2CCCC2=O)C(C)C(C)N1Cc1ccccc1. The zero-order valence-corrected chi connectivity index (χ0v) is 14.0. The minimum atomic E-state index is 0.179. The molecule has 1 heterocycles. The number of piperazine rings is 1. The van der Waals surface area contributed by atoms with E-state index in [4.69, 9.17) is 0 Å². The molecule has 1 saturated heterocycles. The number of hydrogen-bond acceptors (Lipinski definition) is 3. The average molecular weight is 300 g/mol. The van der Waals surface area contributed by atoms with Gasteiger partial charge in [-0.1, -0.05) is 30.3 Å². The number of carbonyl (C=O) groups excluding carboxylic acids is 1. The highest BCUT2D eigenvalue weighted by atomic mass is 16.1. The zero-order valence-electron chi connectivity index (χ0n) is 14.0. The Balaban J connectivity index is 1.72. The molecule has 2 fully saturated rings. The molecule has 120 valence electrons. The molecule has 1 aliphatic heterocycles. The summed E-state index contributed by atoms with van der Waals surface area (Å²) < 4.78 is 0. The number of carbonyl (C=O) groups is 1. The van der Waals surface area contributed by atoms with Crippen LogP contribution in [0.15, 0.2) is 30.3 Å². The van der Waals surface area contributed by atoms with Crippen molar-refractivity contribution in [2.45, 2.75) is 70.7 Å². The van der Waals surface area contributed by atoms with Crippen molar-refractivity contribution in [3.05, 3.63) is 35.9 Å². The summed E-state index contributed by atoms with van der Waals surface area (Å²) in [6.07, 6.45) is 2.91. The van der Waals surface area contributed by atoms with Crippen molar-refractivity contribution < 1.29 is 4.79 Å². The monoisotopic (exact) mass is 300 g/mol. The summed E-state index contributed by atoms with van der Waals surface area (Å²) in [4.78, 5) is 17.2. The van der Waals surface area contributed by atoms with Crippen LogP contribution in [0, 0.1) is 0 Å². The molecule has 0 spiro atoms. The minimum absolute atomic E-state index is 0.179. The predicted molar refractivity (Wildman–Crippen MR) is 89.7 cm³/mol. The fourth-order valence-electron chi connectivity index (χ4n) is 4.19. The molecule has 1 aromatic rings. The summed E-state index contributed by atoms with van der Waals surface area (Å²) in [6.45, 7) is 8.92. The van der Waals surface area contributed by atoms with Crippen LogP contribution in [-0.2, 0) is 11.3 Å². The number of benzene rings is 1. The van der Waals surface area contributed by atoms with Crippen molar-refractivity contribution in [1.29, 1.82) is 0 Å².